The van der Waals surface area contributed by atoms with E-state index in [0.717, 1.165) is 5.56 Å². The fraction of sp³-hybridized carbons (Fsp3) is 0.227. The maximum atomic E-state index is 13.4. The van der Waals surface area contributed by atoms with Crippen molar-refractivity contribution in [1.29, 1.82) is 5.41 Å². The van der Waals surface area contributed by atoms with Gasteiger partial charge >= 0.3 is 0 Å². The minimum atomic E-state index is -0.652. The van der Waals surface area contributed by atoms with Gasteiger partial charge in [0, 0.05) is 23.7 Å². The number of primary amides is 1. The van der Waals surface area contributed by atoms with Gasteiger partial charge in [-0.15, -0.1) is 0 Å². The molecule has 3 rings (SSSR count). The quantitative estimate of drug-likeness (QED) is 0.372. The number of nitrogens with one attached hydrogen (secondary N) is 2. The highest BCUT2D eigenvalue weighted by atomic mass is 32.1. The summed E-state index contributed by atoms with van der Waals surface area (Å²) >= 11 is 4.96. The first kappa shape index (κ1) is 22.2. The molecule has 0 saturated carbocycles. The Morgan fingerprint density at radius 3 is 2.41 bits per heavy atom. The number of hydrogen-bond acceptors (Lipinski definition) is 5. The molecule has 2 aromatic rings. The summed E-state index contributed by atoms with van der Waals surface area (Å²) in [6, 6.07) is 10.6. The van der Waals surface area contributed by atoms with E-state index in [0.29, 0.717) is 22.4 Å². The van der Waals surface area contributed by atoms with Gasteiger partial charge in [0.05, 0.1) is 12.0 Å². The van der Waals surface area contributed by atoms with Crippen LogP contribution in [-0.2, 0) is 4.74 Å². The molecule has 5 nitrogen and oxygen atoms in total. The van der Waals surface area contributed by atoms with E-state index in [1.54, 1.807) is 37.3 Å². The molecule has 0 aromatic heterocycles. The summed E-state index contributed by atoms with van der Waals surface area (Å²) in [7, 11) is 0. The van der Waals surface area contributed by atoms with E-state index in [1.165, 1.54) is 12.1 Å². The summed E-state index contributed by atoms with van der Waals surface area (Å²) in [6.45, 7) is 9.68. The van der Waals surface area contributed by atoms with Crippen molar-refractivity contribution in [3.63, 3.8) is 0 Å². The van der Waals surface area contributed by atoms with Crippen molar-refractivity contribution in [3.05, 3.63) is 71.6 Å². The lowest BCUT2D eigenvalue weighted by Gasteiger charge is -2.37. The van der Waals surface area contributed by atoms with Crippen LogP contribution in [0.25, 0.3) is 5.57 Å². The Balaban J connectivity index is 0.00000145. The van der Waals surface area contributed by atoms with Gasteiger partial charge in [-0.3, -0.25) is 10.2 Å². The second-order valence-corrected chi connectivity index (χ2v) is 6.80. The summed E-state index contributed by atoms with van der Waals surface area (Å²) in [5.41, 5.74) is 8.27. The Labute approximate surface area is 175 Å². The largest absolute Gasteiger partial charge is 0.436 e. The number of nitrogens with two attached hydrogens (primary N) is 1. The molecule has 1 amide bonds. The Hall–Kier alpha value is -3.06. The van der Waals surface area contributed by atoms with Gasteiger partial charge in [0.1, 0.15) is 5.82 Å². The van der Waals surface area contributed by atoms with Crippen LogP contribution in [-0.4, -0.2) is 16.9 Å². The summed E-state index contributed by atoms with van der Waals surface area (Å²) < 4.78 is 18.7. The maximum Gasteiger partial charge on any atom is 0.249 e. The average molecular weight is 414 g/mol. The van der Waals surface area contributed by atoms with Crippen LogP contribution in [0.15, 0.2) is 49.0 Å². The Morgan fingerprint density at radius 1 is 1.24 bits per heavy atom. The molecule has 7 heteroatoms. The zero-order valence-electron chi connectivity index (χ0n) is 16.6. The van der Waals surface area contributed by atoms with Gasteiger partial charge in [-0.05, 0) is 47.6 Å². The summed E-state index contributed by atoms with van der Waals surface area (Å²) in [6.07, 6.45) is 0. The summed E-state index contributed by atoms with van der Waals surface area (Å²) in [5.74, 6) is -1.71. The Morgan fingerprint density at radius 2 is 1.86 bits per heavy atom. The lowest BCUT2D eigenvalue weighted by molar-refractivity contribution is 0.1000. The minimum absolute atomic E-state index is 0.112. The van der Waals surface area contributed by atoms with Crippen molar-refractivity contribution in [2.45, 2.75) is 26.8 Å². The van der Waals surface area contributed by atoms with Gasteiger partial charge in [0.2, 0.25) is 5.91 Å². The number of rotatable bonds is 3. The highest BCUT2D eigenvalue weighted by molar-refractivity contribution is 7.80. The predicted molar refractivity (Wildman–Crippen MR) is 119 cm³/mol. The molecule has 2 atom stereocenters. The number of benzene rings is 2. The monoisotopic (exact) mass is 413 g/mol. The molecule has 1 aliphatic rings. The molecule has 2 unspecified atom stereocenters. The lowest BCUT2D eigenvalue weighted by Crippen LogP contribution is -2.35. The molecule has 0 bridgehead atoms. The molecule has 152 valence electrons. The van der Waals surface area contributed by atoms with Crippen LogP contribution in [0.1, 0.15) is 48.3 Å². The number of carbonyl (C=O) groups excluding carboxylic acids is 1. The van der Waals surface area contributed by atoms with Crippen LogP contribution in [0, 0.1) is 17.1 Å². The number of carbonyl (C=O) groups is 1. The van der Waals surface area contributed by atoms with Gasteiger partial charge in [-0.25, -0.2) is 4.39 Å². The first-order valence-corrected chi connectivity index (χ1v) is 9.61. The van der Waals surface area contributed by atoms with Crippen molar-refractivity contribution in [2.75, 3.05) is 5.32 Å². The second-order valence-electron chi connectivity index (χ2n) is 6.23. The van der Waals surface area contributed by atoms with Crippen LogP contribution >= 0.6 is 12.2 Å². The number of hydrogen-bond donors (Lipinski definition) is 3. The zero-order valence-corrected chi connectivity index (χ0v) is 17.4. The Bertz CT molecular complexity index is 957. The van der Waals surface area contributed by atoms with E-state index >= 15 is 0 Å². The molecule has 2 aromatic carbocycles. The van der Waals surface area contributed by atoms with E-state index < -0.39 is 17.9 Å². The number of fused-ring (bicyclic) bond motifs is 1. The standard InChI is InChI=1S/C20H18FN3O2S.C2H6/c1-10-16-14(19(22)25)4-3-5-15(16)24-18(12-6-8-13(21)9-7-12)17(10)20(23)26-11(2)27;1-2/h3-9,17-18,23-24H,1H2,2H3,(H2,22,25);1-2H3. The highest BCUT2D eigenvalue weighted by Crippen LogP contribution is 2.45. The van der Waals surface area contributed by atoms with Gasteiger partial charge in [-0.1, -0.05) is 38.6 Å². The molecule has 29 heavy (non-hydrogen) atoms. The van der Waals surface area contributed by atoms with Crippen molar-refractivity contribution in [1.82, 2.24) is 0 Å². The first-order valence-electron chi connectivity index (χ1n) is 9.20. The van der Waals surface area contributed by atoms with Crippen molar-refractivity contribution in [2.24, 2.45) is 11.7 Å². The first-order chi connectivity index (χ1) is 13.8. The van der Waals surface area contributed by atoms with Gasteiger partial charge in [0.25, 0.3) is 0 Å². The third kappa shape index (κ3) is 4.68. The fourth-order valence-electron chi connectivity index (χ4n) is 3.31. The summed E-state index contributed by atoms with van der Waals surface area (Å²) in [5, 5.41) is 11.9. The molecule has 1 aliphatic heterocycles. The maximum absolute atomic E-state index is 13.4. The van der Waals surface area contributed by atoms with E-state index in [-0.39, 0.29) is 16.8 Å². The smallest absolute Gasteiger partial charge is 0.249 e. The molecule has 1 heterocycles. The Kier molecular flexibility index (Phi) is 7.23. The average Bonchev–Trinajstić information content (AvgIpc) is 2.68. The van der Waals surface area contributed by atoms with E-state index in [9.17, 15) is 9.18 Å². The third-order valence-corrected chi connectivity index (χ3v) is 4.52. The highest BCUT2D eigenvalue weighted by Gasteiger charge is 2.38. The second kappa shape index (κ2) is 9.43. The molecule has 0 fully saturated rings. The topological polar surface area (TPSA) is 88.2 Å². The normalized spacial score (nSPS) is 17.2. The SMILES string of the molecule is C=C1c2c(cccc2C(N)=O)NC(c2ccc(F)cc2)C1C(=N)OC(C)=S.CC. The van der Waals surface area contributed by atoms with Crippen molar-refractivity contribution < 1.29 is 13.9 Å². The van der Waals surface area contributed by atoms with Crippen LogP contribution < -0.4 is 11.1 Å². The van der Waals surface area contributed by atoms with Crippen LogP contribution in [0.5, 0.6) is 0 Å². The zero-order chi connectivity index (χ0) is 21.7. The van der Waals surface area contributed by atoms with Crippen LogP contribution in [0.2, 0.25) is 0 Å². The number of amides is 1. The van der Waals surface area contributed by atoms with Crippen molar-refractivity contribution >= 4 is 40.3 Å². The number of thiocarbonyl (C=S) groups is 1. The number of halogens is 1. The third-order valence-electron chi connectivity index (χ3n) is 4.44. The number of ether oxygens (including phenoxy) is 1. The van der Waals surface area contributed by atoms with Gasteiger partial charge < -0.3 is 15.8 Å². The van der Waals surface area contributed by atoms with E-state index in [1.807, 2.05) is 13.8 Å². The lowest BCUT2D eigenvalue weighted by atomic mass is 9.78. The number of anilines is 1. The minimum Gasteiger partial charge on any atom is -0.436 e. The van der Waals surface area contributed by atoms with Gasteiger partial charge in [0.15, 0.2) is 10.9 Å². The fourth-order valence-corrected chi connectivity index (χ4v) is 3.40. The van der Waals surface area contributed by atoms with Crippen LogP contribution in [0.3, 0.4) is 0 Å². The molecular weight excluding hydrogens is 389 g/mol. The molecular formula is C22H24FN3O2S. The molecule has 0 aliphatic carbocycles. The molecule has 0 spiro atoms. The van der Waals surface area contributed by atoms with E-state index in [2.05, 4.69) is 11.9 Å². The summed E-state index contributed by atoms with van der Waals surface area (Å²) in [4.78, 5) is 11.9. The van der Waals surface area contributed by atoms with Crippen LogP contribution in [0.4, 0.5) is 10.1 Å². The molecule has 0 saturated heterocycles. The molecule has 0 radical (unpaired) electrons. The predicted octanol–water partition coefficient (Wildman–Crippen LogP) is 5.09. The molecule has 4 N–H and O–H groups in total. The van der Waals surface area contributed by atoms with Gasteiger partial charge in [-0.2, -0.15) is 0 Å². The van der Waals surface area contributed by atoms with Crippen molar-refractivity contribution in [3.8, 4) is 0 Å². The van der Waals surface area contributed by atoms with E-state index in [4.69, 9.17) is 28.1 Å².